The fourth-order valence-corrected chi connectivity index (χ4v) is 3.23. The van der Waals surface area contributed by atoms with E-state index < -0.39 is 6.43 Å². The lowest BCUT2D eigenvalue weighted by Crippen LogP contribution is -2.45. The summed E-state index contributed by atoms with van der Waals surface area (Å²) in [6.45, 7) is 3.14. The monoisotopic (exact) mass is 342 g/mol. The Kier molecular flexibility index (Phi) is 6.16. The number of benzene rings is 2. The zero-order valence-electron chi connectivity index (χ0n) is 12.7. The summed E-state index contributed by atoms with van der Waals surface area (Å²) in [6.07, 6.45) is -2.54. The highest BCUT2D eigenvalue weighted by Crippen LogP contribution is 2.36. The molecule has 1 heterocycles. The molecule has 0 radical (unpaired) electrons. The number of hydrogen-bond acceptors (Lipinski definition) is 3. The summed E-state index contributed by atoms with van der Waals surface area (Å²) < 4.78 is 26.2. The van der Waals surface area contributed by atoms with E-state index in [1.807, 2.05) is 24.3 Å². The topological polar surface area (TPSA) is 35.5 Å². The normalized spacial score (nSPS) is 17.2. The van der Waals surface area contributed by atoms with Crippen LogP contribution >= 0.6 is 12.4 Å². The lowest BCUT2D eigenvalue weighted by Gasteiger charge is -2.35. The Hall–Kier alpha value is -1.43. The van der Waals surface area contributed by atoms with Gasteiger partial charge in [-0.1, -0.05) is 30.3 Å². The van der Waals surface area contributed by atoms with Crippen molar-refractivity contribution >= 4 is 23.2 Å². The Morgan fingerprint density at radius 3 is 2.35 bits per heavy atom. The molecule has 2 aromatic carbocycles. The van der Waals surface area contributed by atoms with Crippen LogP contribution in [0, 0.1) is 0 Å². The molecule has 0 aromatic heterocycles. The van der Waals surface area contributed by atoms with Crippen LogP contribution in [0.4, 0.5) is 8.78 Å². The molecule has 3 nitrogen and oxygen atoms in total. The molecule has 1 fully saturated rings. The van der Waals surface area contributed by atoms with Crippen LogP contribution in [-0.4, -0.2) is 42.6 Å². The van der Waals surface area contributed by atoms with Gasteiger partial charge in [0.2, 0.25) is 6.43 Å². The second kappa shape index (κ2) is 7.90. The van der Waals surface area contributed by atoms with Crippen molar-refractivity contribution in [1.29, 1.82) is 0 Å². The fourth-order valence-electron chi connectivity index (χ4n) is 3.23. The minimum absolute atomic E-state index is 0. The highest BCUT2D eigenvalue weighted by Gasteiger charge is 2.27. The van der Waals surface area contributed by atoms with E-state index in [0.717, 1.165) is 42.5 Å². The largest absolute Gasteiger partial charge is 0.507 e. The lowest BCUT2D eigenvalue weighted by atomic mass is 9.94. The summed E-state index contributed by atoms with van der Waals surface area (Å²) in [5, 5.41) is 14.8. The van der Waals surface area contributed by atoms with Gasteiger partial charge in [0.15, 0.2) is 0 Å². The Bertz CT molecular complexity index is 648. The third kappa shape index (κ3) is 3.91. The molecule has 0 amide bonds. The first kappa shape index (κ1) is 17.9. The van der Waals surface area contributed by atoms with Crippen molar-refractivity contribution in [3.8, 4) is 5.75 Å². The van der Waals surface area contributed by atoms with E-state index >= 15 is 0 Å². The lowest BCUT2D eigenvalue weighted by molar-refractivity contribution is 0.0744. The maximum absolute atomic E-state index is 13.1. The summed E-state index contributed by atoms with van der Waals surface area (Å²) in [4.78, 5) is 2.11. The second-order valence-corrected chi connectivity index (χ2v) is 5.65. The number of fused-ring (bicyclic) bond motifs is 1. The van der Waals surface area contributed by atoms with E-state index in [1.165, 1.54) is 0 Å². The van der Waals surface area contributed by atoms with Gasteiger partial charge in [-0.25, -0.2) is 8.78 Å². The molecule has 23 heavy (non-hydrogen) atoms. The molecule has 0 aliphatic carbocycles. The predicted molar refractivity (Wildman–Crippen MR) is 90.7 cm³/mol. The number of phenols is 1. The standard InChI is InChI=1S/C17H20F2N2O.ClH/c18-17(19)11-15(21-9-7-20-8-10-21)13-5-6-16(22)14-4-2-1-3-12(13)14;/h1-6,15,17,20,22H,7-11H2;1H/t15-;/m1./s1. The van der Waals surface area contributed by atoms with Gasteiger partial charge in [-0.2, -0.15) is 0 Å². The van der Waals surface area contributed by atoms with Gasteiger partial charge in [-0.3, -0.25) is 4.90 Å². The third-order valence-corrected chi connectivity index (χ3v) is 4.29. The van der Waals surface area contributed by atoms with Crippen LogP contribution in [0.3, 0.4) is 0 Å². The molecular weight excluding hydrogens is 322 g/mol. The van der Waals surface area contributed by atoms with Crippen LogP contribution in [0.25, 0.3) is 10.8 Å². The highest BCUT2D eigenvalue weighted by atomic mass is 35.5. The van der Waals surface area contributed by atoms with E-state index in [1.54, 1.807) is 12.1 Å². The SMILES string of the molecule is Cl.Oc1ccc([C@@H](CC(F)F)N2CCNCC2)c2ccccc12. The Morgan fingerprint density at radius 2 is 1.70 bits per heavy atom. The maximum Gasteiger partial charge on any atom is 0.240 e. The molecular formula is C17H21ClF2N2O. The van der Waals surface area contributed by atoms with Crippen LogP contribution < -0.4 is 5.32 Å². The first-order valence-electron chi connectivity index (χ1n) is 7.60. The van der Waals surface area contributed by atoms with Crippen LogP contribution in [-0.2, 0) is 0 Å². The molecule has 0 saturated carbocycles. The minimum Gasteiger partial charge on any atom is -0.507 e. The zero-order chi connectivity index (χ0) is 15.5. The molecule has 126 valence electrons. The number of nitrogens with zero attached hydrogens (tertiary/aromatic N) is 1. The average Bonchev–Trinajstić information content (AvgIpc) is 2.54. The van der Waals surface area contributed by atoms with Crippen molar-refractivity contribution < 1.29 is 13.9 Å². The molecule has 1 aliphatic rings. The molecule has 0 unspecified atom stereocenters. The van der Waals surface area contributed by atoms with Gasteiger partial charge in [0, 0.05) is 44.0 Å². The molecule has 2 N–H and O–H groups in total. The first-order valence-corrected chi connectivity index (χ1v) is 7.60. The summed E-state index contributed by atoms with van der Waals surface area (Å²) in [5.74, 6) is 0.190. The zero-order valence-corrected chi connectivity index (χ0v) is 13.5. The van der Waals surface area contributed by atoms with Crippen molar-refractivity contribution in [3.63, 3.8) is 0 Å². The minimum atomic E-state index is -2.35. The summed E-state index contributed by atoms with van der Waals surface area (Å²) in [6, 6.07) is 10.5. The predicted octanol–water partition coefficient (Wildman–Crippen LogP) is 3.57. The summed E-state index contributed by atoms with van der Waals surface area (Å²) in [7, 11) is 0. The van der Waals surface area contributed by atoms with Gasteiger partial charge in [0.05, 0.1) is 0 Å². The molecule has 1 aliphatic heterocycles. The summed E-state index contributed by atoms with van der Waals surface area (Å²) >= 11 is 0. The van der Waals surface area contributed by atoms with Crippen LogP contribution in [0.15, 0.2) is 36.4 Å². The van der Waals surface area contributed by atoms with Crippen LogP contribution in [0.2, 0.25) is 0 Å². The van der Waals surface area contributed by atoms with E-state index in [2.05, 4.69) is 10.2 Å². The number of rotatable bonds is 4. The number of phenolic OH excluding ortho intramolecular Hbond substituents is 1. The van der Waals surface area contributed by atoms with Crippen LogP contribution in [0.1, 0.15) is 18.0 Å². The average molecular weight is 343 g/mol. The van der Waals surface area contributed by atoms with Crippen molar-refractivity contribution in [2.45, 2.75) is 18.9 Å². The summed E-state index contributed by atoms with van der Waals surface area (Å²) in [5.41, 5.74) is 0.871. The quantitative estimate of drug-likeness (QED) is 0.891. The number of alkyl halides is 2. The van der Waals surface area contributed by atoms with Crippen molar-refractivity contribution in [2.75, 3.05) is 26.2 Å². The molecule has 3 rings (SSSR count). The van der Waals surface area contributed by atoms with Gasteiger partial charge in [0.1, 0.15) is 5.75 Å². The van der Waals surface area contributed by atoms with Gasteiger partial charge < -0.3 is 10.4 Å². The van der Waals surface area contributed by atoms with E-state index in [0.29, 0.717) is 0 Å². The smallest absolute Gasteiger partial charge is 0.240 e. The Labute approximate surface area is 140 Å². The van der Waals surface area contributed by atoms with Gasteiger partial charge in [0.25, 0.3) is 0 Å². The van der Waals surface area contributed by atoms with Crippen molar-refractivity contribution in [3.05, 3.63) is 42.0 Å². The molecule has 0 spiro atoms. The first-order chi connectivity index (χ1) is 10.7. The van der Waals surface area contributed by atoms with Crippen molar-refractivity contribution in [1.82, 2.24) is 10.2 Å². The fraction of sp³-hybridized carbons (Fsp3) is 0.412. The number of piperazine rings is 1. The molecule has 1 saturated heterocycles. The number of nitrogens with one attached hydrogen (secondary N) is 1. The van der Waals surface area contributed by atoms with Crippen LogP contribution in [0.5, 0.6) is 5.75 Å². The van der Waals surface area contributed by atoms with Gasteiger partial charge >= 0.3 is 0 Å². The van der Waals surface area contributed by atoms with Gasteiger partial charge in [-0.05, 0) is 17.0 Å². The molecule has 1 atom stereocenters. The van der Waals surface area contributed by atoms with Crippen molar-refractivity contribution in [2.24, 2.45) is 0 Å². The second-order valence-electron chi connectivity index (χ2n) is 5.65. The van der Waals surface area contributed by atoms with E-state index in [-0.39, 0.29) is 30.6 Å². The van der Waals surface area contributed by atoms with E-state index in [4.69, 9.17) is 0 Å². The highest BCUT2D eigenvalue weighted by molar-refractivity contribution is 5.91. The number of hydrogen-bond donors (Lipinski definition) is 2. The van der Waals surface area contributed by atoms with E-state index in [9.17, 15) is 13.9 Å². The maximum atomic E-state index is 13.1. The van der Waals surface area contributed by atoms with Gasteiger partial charge in [-0.15, -0.1) is 12.4 Å². The number of halogens is 3. The third-order valence-electron chi connectivity index (χ3n) is 4.29. The Balaban J connectivity index is 0.00000192. The number of aromatic hydroxyl groups is 1. The Morgan fingerprint density at radius 1 is 1.04 bits per heavy atom. The molecule has 0 bridgehead atoms. The molecule has 2 aromatic rings. The molecule has 6 heteroatoms.